The van der Waals surface area contributed by atoms with Crippen molar-refractivity contribution in [3.8, 4) is 0 Å². The highest BCUT2D eigenvalue weighted by Crippen LogP contribution is 2.32. The molecule has 114 valence electrons. The van der Waals surface area contributed by atoms with Crippen molar-refractivity contribution in [3.63, 3.8) is 0 Å². The molecular formula is C17H16F2N2S. The van der Waals surface area contributed by atoms with Crippen molar-refractivity contribution in [2.45, 2.75) is 25.8 Å². The van der Waals surface area contributed by atoms with Gasteiger partial charge in [0, 0.05) is 11.7 Å². The van der Waals surface area contributed by atoms with Gasteiger partial charge in [0.25, 0.3) is 0 Å². The smallest absolute Gasteiger partial charge is 0.178 e. The summed E-state index contributed by atoms with van der Waals surface area (Å²) in [5.41, 5.74) is 2.15. The van der Waals surface area contributed by atoms with Crippen LogP contribution < -0.4 is 10.2 Å². The van der Waals surface area contributed by atoms with Crippen LogP contribution in [0.25, 0.3) is 0 Å². The number of rotatable bonds is 1. The van der Waals surface area contributed by atoms with Gasteiger partial charge in [-0.25, -0.2) is 8.78 Å². The first-order chi connectivity index (χ1) is 10.6. The van der Waals surface area contributed by atoms with Gasteiger partial charge in [0.05, 0.1) is 5.69 Å². The molecule has 1 heterocycles. The van der Waals surface area contributed by atoms with Gasteiger partial charge < -0.3 is 10.2 Å². The molecular weight excluding hydrogens is 302 g/mol. The molecule has 3 rings (SSSR count). The SMILES string of the molecule is CC1CCc2cc(F)ccc2N1C(=S)Nc1ccccc1F. The minimum atomic E-state index is -0.353. The van der Waals surface area contributed by atoms with E-state index in [-0.39, 0.29) is 17.7 Å². The predicted octanol–water partition coefficient (Wildman–Crippen LogP) is 4.50. The van der Waals surface area contributed by atoms with Gasteiger partial charge in [0.1, 0.15) is 11.6 Å². The van der Waals surface area contributed by atoms with Crippen molar-refractivity contribution in [1.82, 2.24) is 0 Å². The van der Waals surface area contributed by atoms with Crippen LogP contribution in [0.5, 0.6) is 0 Å². The Morgan fingerprint density at radius 1 is 1.23 bits per heavy atom. The first-order valence-corrected chi connectivity index (χ1v) is 7.60. The molecule has 2 nitrogen and oxygen atoms in total. The van der Waals surface area contributed by atoms with Gasteiger partial charge in [-0.15, -0.1) is 0 Å². The monoisotopic (exact) mass is 318 g/mol. The Morgan fingerprint density at radius 3 is 2.77 bits per heavy atom. The van der Waals surface area contributed by atoms with Crippen LogP contribution in [-0.4, -0.2) is 11.2 Å². The second-order valence-corrected chi connectivity index (χ2v) is 5.83. The number of anilines is 2. The van der Waals surface area contributed by atoms with Crippen LogP contribution in [0, 0.1) is 11.6 Å². The first-order valence-electron chi connectivity index (χ1n) is 7.19. The van der Waals surface area contributed by atoms with Gasteiger partial charge in [0.15, 0.2) is 5.11 Å². The summed E-state index contributed by atoms with van der Waals surface area (Å²) in [4.78, 5) is 1.93. The van der Waals surface area contributed by atoms with Gasteiger partial charge in [-0.05, 0) is 67.9 Å². The average Bonchev–Trinajstić information content (AvgIpc) is 2.49. The number of halogens is 2. The molecule has 1 unspecified atom stereocenters. The van der Waals surface area contributed by atoms with Crippen LogP contribution in [0.15, 0.2) is 42.5 Å². The van der Waals surface area contributed by atoms with E-state index in [9.17, 15) is 8.78 Å². The fourth-order valence-electron chi connectivity index (χ4n) is 2.77. The maximum absolute atomic E-state index is 13.8. The molecule has 0 saturated carbocycles. The van der Waals surface area contributed by atoms with Crippen molar-refractivity contribution in [1.29, 1.82) is 0 Å². The number of aryl methyl sites for hydroxylation is 1. The minimum absolute atomic E-state index is 0.171. The first kappa shape index (κ1) is 14.9. The molecule has 1 N–H and O–H groups in total. The Labute approximate surface area is 133 Å². The van der Waals surface area contributed by atoms with Crippen LogP contribution in [-0.2, 0) is 6.42 Å². The lowest BCUT2D eigenvalue weighted by Crippen LogP contribution is -2.44. The van der Waals surface area contributed by atoms with Gasteiger partial charge in [-0.1, -0.05) is 12.1 Å². The van der Waals surface area contributed by atoms with Crippen molar-refractivity contribution in [2.75, 3.05) is 10.2 Å². The minimum Gasteiger partial charge on any atom is -0.330 e. The van der Waals surface area contributed by atoms with Crippen molar-refractivity contribution in [3.05, 3.63) is 59.7 Å². The van der Waals surface area contributed by atoms with E-state index >= 15 is 0 Å². The third-order valence-electron chi connectivity index (χ3n) is 3.91. The number of benzene rings is 2. The van der Waals surface area contributed by atoms with Crippen LogP contribution in [0.4, 0.5) is 20.2 Å². The molecule has 0 spiro atoms. The number of para-hydroxylation sites is 1. The molecule has 0 radical (unpaired) electrons. The normalized spacial score (nSPS) is 17.0. The quantitative estimate of drug-likeness (QED) is 0.779. The lowest BCUT2D eigenvalue weighted by molar-refractivity contribution is 0.604. The molecule has 2 aromatic carbocycles. The molecule has 0 aromatic heterocycles. The standard InChI is InChI=1S/C17H16F2N2S/c1-11-6-7-12-10-13(18)8-9-16(12)21(11)17(22)20-15-5-3-2-4-14(15)19/h2-5,8-11H,6-7H2,1H3,(H,20,22). The average molecular weight is 318 g/mol. The van der Waals surface area contributed by atoms with E-state index in [1.165, 1.54) is 12.1 Å². The second-order valence-electron chi connectivity index (χ2n) is 5.44. The largest absolute Gasteiger partial charge is 0.330 e. The Bertz CT molecular complexity index is 718. The highest BCUT2D eigenvalue weighted by molar-refractivity contribution is 7.80. The molecule has 1 aliphatic rings. The van der Waals surface area contributed by atoms with Gasteiger partial charge >= 0.3 is 0 Å². The molecule has 0 saturated heterocycles. The maximum atomic E-state index is 13.8. The van der Waals surface area contributed by atoms with Crippen LogP contribution >= 0.6 is 12.2 Å². The number of hydrogen-bond donors (Lipinski definition) is 1. The Kier molecular flexibility index (Phi) is 4.07. The zero-order valence-corrected chi connectivity index (χ0v) is 13.0. The predicted molar refractivity (Wildman–Crippen MR) is 89.3 cm³/mol. The molecule has 0 bridgehead atoms. The van der Waals surface area contributed by atoms with Crippen molar-refractivity contribution in [2.24, 2.45) is 0 Å². The summed E-state index contributed by atoms with van der Waals surface area (Å²) < 4.78 is 27.2. The molecule has 0 amide bonds. The highest BCUT2D eigenvalue weighted by atomic mass is 32.1. The molecule has 22 heavy (non-hydrogen) atoms. The summed E-state index contributed by atoms with van der Waals surface area (Å²) in [6.07, 6.45) is 1.68. The van der Waals surface area contributed by atoms with E-state index in [2.05, 4.69) is 12.2 Å². The summed E-state index contributed by atoms with van der Waals surface area (Å²) in [5.74, 6) is -0.602. The van der Waals surface area contributed by atoms with Crippen LogP contribution in [0.2, 0.25) is 0 Å². The second kappa shape index (κ2) is 6.01. The molecule has 0 aliphatic carbocycles. The summed E-state index contributed by atoms with van der Waals surface area (Å²) in [7, 11) is 0. The Balaban J connectivity index is 1.91. The van der Waals surface area contributed by atoms with Gasteiger partial charge in [-0.2, -0.15) is 0 Å². The molecule has 1 atom stereocenters. The lowest BCUT2D eigenvalue weighted by Gasteiger charge is -2.37. The number of nitrogens with one attached hydrogen (secondary N) is 1. The summed E-state index contributed by atoms with van der Waals surface area (Å²) in [6.45, 7) is 2.06. The van der Waals surface area contributed by atoms with E-state index in [0.717, 1.165) is 24.1 Å². The molecule has 2 aromatic rings. The van der Waals surface area contributed by atoms with Crippen molar-refractivity contribution >= 4 is 28.7 Å². The van der Waals surface area contributed by atoms with E-state index in [1.807, 2.05) is 4.90 Å². The van der Waals surface area contributed by atoms with Crippen molar-refractivity contribution < 1.29 is 8.78 Å². The Hall–Kier alpha value is -2.01. The van der Waals surface area contributed by atoms with E-state index in [1.54, 1.807) is 30.3 Å². The fraction of sp³-hybridized carbons (Fsp3) is 0.235. The highest BCUT2D eigenvalue weighted by Gasteiger charge is 2.26. The number of hydrogen-bond acceptors (Lipinski definition) is 1. The summed E-state index contributed by atoms with van der Waals surface area (Å²) in [6, 6.07) is 11.3. The Morgan fingerprint density at radius 2 is 2.00 bits per heavy atom. The van der Waals surface area contributed by atoms with E-state index < -0.39 is 0 Å². The zero-order chi connectivity index (χ0) is 15.7. The van der Waals surface area contributed by atoms with Gasteiger partial charge in [0.2, 0.25) is 0 Å². The number of nitrogens with zero attached hydrogens (tertiary/aromatic N) is 1. The summed E-state index contributed by atoms with van der Waals surface area (Å²) >= 11 is 5.46. The zero-order valence-electron chi connectivity index (χ0n) is 12.1. The topological polar surface area (TPSA) is 15.3 Å². The van der Waals surface area contributed by atoms with Crippen LogP contribution in [0.3, 0.4) is 0 Å². The maximum Gasteiger partial charge on any atom is 0.178 e. The summed E-state index contributed by atoms with van der Waals surface area (Å²) in [5, 5.41) is 3.38. The fourth-order valence-corrected chi connectivity index (χ4v) is 3.16. The van der Waals surface area contributed by atoms with Gasteiger partial charge in [-0.3, -0.25) is 0 Å². The third kappa shape index (κ3) is 2.81. The van der Waals surface area contributed by atoms with Crippen LogP contribution in [0.1, 0.15) is 18.9 Å². The van der Waals surface area contributed by atoms with E-state index in [4.69, 9.17) is 12.2 Å². The molecule has 0 fully saturated rings. The third-order valence-corrected chi connectivity index (χ3v) is 4.21. The number of fused-ring (bicyclic) bond motifs is 1. The molecule has 5 heteroatoms. The van der Waals surface area contributed by atoms with E-state index in [0.29, 0.717) is 10.8 Å². The lowest BCUT2D eigenvalue weighted by atomic mass is 9.97. The number of thiocarbonyl (C=S) groups is 1. The molecule has 1 aliphatic heterocycles.